The van der Waals surface area contributed by atoms with Crippen LogP contribution in [0, 0.1) is 0 Å². The van der Waals surface area contributed by atoms with Crippen molar-refractivity contribution in [3.63, 3.8) is 0 Å². The molecule has 1 N–H and O–H groups in total. The first-order valence-electron chi connectivity index (χ1n) is 4.58. The molecule has 0 unspecified atom stereocenters. The molecule has 1 saturated heterocycles. The van der Waals surface area contributed by atoms with Gasteiger partial charge in [0.25, 0.3) is 0 Å². The zero-order chi connectivity index (χ0) is 11.7. The van der Waals surface area contributed by atoms with Crippen LogP contribution < -0.4 is 5.32 Å². The predicted octanol–water partition coefficient (Wildman–Crippen LogP) is 2.05. The SMILES string of the molecule is O=C1CN(Cc2cc(Cl)cc(Cl)c2)C(=O)N1. The molecule has 0 aromatic heterocycles. The first-order valence-corrected chi connectivity index (χ1v) is 5.34. The topological polar surface area (TPSA) is 49.4 Å². The third kappa shape index (κ3) is 2.46. The molecule has 0 radical (unpaired) electrons. The zero-order valence-corrected chi connectivity index (χ0v) is 9.68. The Morgan fingerprint density at radius 3 is 2.31 bits per heavy atom. The average molecular weight is 259 g/mol. The summed E-state index contributed by atoms with van der Waals surface area (Å²) >= 11 is 11.7. The molecule has 2 rings (SSSR count). The lowest BCUT2D eigenvalue weighted by Crippen LogP contribution is -2.27. The van der Waals surface area contributed by atoms with Crippen LogP contribution in [-0.2, 0) is 11.3 Å². The van der Waals surface area contributed by atoms with Crippen molar-refractivity contribution in [1.29, 1.82) is 0 Å². The Hall–Kier alpha value is -1.26. The molecule has 1 heterocycles. The monoisotopic (exact) mass is 258 g/mol. The van der Waals surface area contributed by atoms with Gasteiger partial charge >= 0.3 is 6.03 Å². The highest BCUT2D eigenvalue weighted by atomic mass is 35.5. The van der Waals surface area contributed by atoms with Gasteiger partial charge in [-0.15, -0.1) is 0 Å². The van der Waals surface area contributed by atoms with Gasteiger partial charge in [0, 0.05) is 16.6 Å². The van der Waals surface area contributed by atoms with Gasteiger partial charge in [0.05, 0.1) is 0 Å². The van der Waals surface area contributed by atoms with E-state index in [4.69, 9.17) is 23.2 Å². The largest absolute Gasteiger partial charge is 0.324 e. The minimum Gasteiger partial charge on any atom is -0.311 e. The van der Waals surface area contributed by atoms with Crippen molar-refractivity contribution in [2.75, 3.05) is 6.54 Å². The highest BCUT2D eigenvalue weighted by molar-refractivity contribution is 6.34. The van der Waals surface area contributed by atoms with Crippen LogP contribution in [0.5, 0.6) is 0 Å². The number of urea groups is 1. The van der Waals surface area contributed by atoms with Crippen LogP contribution in [0.1, 0.15) is 5.56 Å². The van der Waals surface area contributed by atoms with Crippen LogP contribution in [0.25, 0.3) is 0 Å². The number of benzene rings is 1. The second-order valence-electron chi connectivity index (χ2n) is 3.49. The number of amides is 3. The molecule has 84 valence electrons. The maximum atomic E-state index is 11.3. The molecule has 16 heavy (non-hydrogen) atoms. The van der Waals surface area contributed by atoms with E-state index in [1.54, 1.807) is 18.2 Å². The molecule has 0 atom stereocenters. The number of nitrogens with zero attached hydrogens (tertiary/aromatic N) is 1. The maximum Gasteiger partial charge on any atom is 0.324 e. The van der Waals surface area contributed by atoms with E-state index < -0.39 is 0 Å². The molecule has 0 saturated carbocycles. The summed E-state index contributed by atoms with van der Waals surface area (Å²) in [5, 5.41) is 3.21. The van der Waals surface area contributed by atoms with Crippen LogP contribution in [-0.4, -0.2) is 23.4 Å². The first kappa shape index (κ1) is 11.2. The van der Waals surface area contributed by atoms with E-state index in [9.17, 15) is 9.59 Å². The third-order valence-electron chi connectivity index (χ3n) is 2.16. The number of imide groups is 1. The molecule has 0 spiro atoms. The van der Waals surface area contributed by atoms with Crippen molar-refractivity contribution in [2.45, 2.75) is 6.54 Å². The molecule has 1 aromatic rings. The molecule has 0 bridgehead atoms. The van der Waals surface area contributed by atoms with E-state index in [2.05, 4.69) is 5.32 Å². The van der Waals surface area contributed by atoms with Gasteiger partial charge in [-0.3, -0.25) is 10.1 Å². The third-order valence-corrected chi connectivity index (χ3v) is 2.60. The Balaban J connectivity index is 2.15. The van der Waals surface area contributed by atoms with Gasteiger partial charge < -0.3 is 4.90 Å². The van der Waals surface area contributed by atoms with Gasteiger partial charge in [0.2, 0.25) is 5.91 Å². The van der Waals surface area contributed by atoms with Crippen LogP contribution in [0.15, 0.2) is 18.2 Å². The van der Waals surface area contributed by atoms with Crippen molar-refractivity contribution < 1.29 is 9.59 Å². The van der Waals surface area contributed by atoms with Crippen molar-refractivity contribution in [3.05, 3.63) is 33.8 Å². The molecule has 6 heteroatoms. The van der Waals surface area contributed by atoms with Crippen molar-refractivity contribution in [2.24, 2.45) is 0 Å². The summed E-state index contributed by atoms with van der Waals surface area (Å²) in [4.78, 5) is 23.6. The van der Waals surface area contributed by atoms with E-state index >= 15 is 0 Å². The van der Waals surface area contributed by atoms with E-state index in [-0.39, 0.29) is 18.5 Å². The molecule has 1 aliphatic rings. The molecular formula is C10H8Cl2N2O2. The predicted molar refractivity (Wildman–Crippen MR) is 60.4 cm³/mol. The zero-order valence-electron chi connectivity index (χ0n) is 8.17. The summed E-state index contributed by atoms with van der Waals surface area (Å²) in [7, 11) is 0. The Morgan fingerprint density at radius 2 is 1.81 bits per heavy atom. The molecule has 3 amide bonds. The number of halogens is 2. The van der Waals surface area contributed by atoms with Crippen LogP contribution in [0.4, 0.5) is 4.79 Å². The quantitative estimate of drug-likeness (QED) is 0.826. The fraction of sp³-hybridized carbons (Fsp3) is 0.200. The summed E-state index contributed by atoms with van der Waals surface area (Å²) in [6.07, 6.45) is 0. The molecule has 4 nitrogen and oxygen atoms in total. The summed E-state index contributed by atoms with van der Waals surface area (Å²) in [5.74, 6) is -0.293. The summed E-state index contributed by atoms with van der Waals surface area (Å²) in [6.45, 7) is 0.390. The number of hydrogen-bond acceptors (Lipinski definition) is 2. The Morgan fingerprint density at radius 1 is 1.19 bits per heavy atom. The Labute approximate surface area is 102 Å². The van der Waals surface area contributed by atoms with E-state index in [1.165, 1.54) is 4.90 Å². The van der Waals surface area contributed by atoms with Gasteiger partial charge in [0.15, 0.2) is 0 Å². The maximum absolute atomic E-state index is 11.3. The smallest absolute Gasteiger partial charge is 0.311 e. The molecule has 1 aliphatic heterocycles. The highest BCUT2D eigenvalue weighted by Crippen LogP contribution is 2.20. The van der Waals surface area contributed by atoms with Crippen molar-refractivity contribution >= 4 is 35.1 Å². The lowest BCUT2D eigenvalue weighted by molar-refractivity contribution is -0.118. The van der Waals surface area contributed by atoms with Gasteiger partial charge in [-0.05, 0) is 23.8 Å². The first-order chi connectivity index (χ1) is 7.54. The van der Waals surface area contributed by atoms with Gasteiger partial charge in [-0.1, -0.05) is 23.2 Å². The fourth-order valence-electron chi connectivity index (χ4n) is 1.53. The normalized spacial score (nSPS) is 15.5. The second-order valence-corrected chi connectivity index (χ2v) is 4.36. The molecule has 1 fully saturated rings. The minimum atomic E-state index is -0.388. The summed E-state index contributed by atoms with van der Waals surface area (Å²) in [5.41, 5.74) is 0.794. The average Bonchev–Trinajstić information content (AvgIpc) is 2.43. The fourth-order valence-corrected chi connectivity index (χ4v) is 2.10. The number of hydrogen-bond donors (Lipinski definition) is 1. The minimum absolute atomic E-state index is 0.0724. The molecule has 0 aliphatic carbocycles. The van der Waals surface area contributed by atoms with Crippen molar-refractivity contribution in [1.82, 2.24) is 10.2 Å². The van der Waals surface area contributed by atoms with E-state index in [1.807, 2.05) is 0 Å². The van der Waals surface area contributed by atoms with Gasteiger partial charge in [-0.2, -0.15) is 0 Å². The molecular weight excluding hydrogens is 251 g/mol. The summed E-state index contributed by atoms with van der Waals surface area (Å²) in [6, 6.07) is 4.65. The standard InChI is InChI=1S/C10H8Cl2N2O2/c11-7-1-6(2-8(12)3-7)4-14-5-9(15)13-10(14)16/h1-3H,4-5H2,(H,13,15,16). The Kier molecular flexibility index (Phi) is 3.03. The lowest BCUT2D eigenvalue weighted by Gasteiger charge is -2.13. The molecule has 1 aromatic carbocycles. The highest BCUT2D eigenvalue weighted by Gasteiger charge is 2.26. The van der Waals surface area contributed by atoms with Crippen LogP contribution in [0.2, 0.25) is 10.0 Å². The number of carbonyl (C=O) groups excluding carboxylic acids is 2. The van der Waals surface area contributed by atoms with Crippen molar-refractivity contribution in [3.8, 4) is 0 Å². The van der Waals surface area contributed by atoms with Gasteiger partial charge in [0.1, 0.15) is 6.54 Å². The number of rotatable bonds is 2. The van der Waals surface area contributed by atoms with E-state index in [0.29, 0.717) is 16.6 Å². The van der Waals surface area contributed by atoms with Crippen LogP contribution in [0.3, 0.4) is 0 Å². The number of nitrogens with one attached hydrogen (secondary N) is 1. The van der Waals surface area contributed by atoms with E-state index in [0.717, 1.165) is 5.56 Å². The lowest BCUT2D eigenvalue weighted by atomic mass is 10.2. The second kappa shape index (κ2) is 4.31. The van der Waals surface area contributed by atoms with Crippen LogP contribution >= 0.6 is 23.2 Å². The van der Waals surface area contributed by atoms with Gasteiger partial charge in [-0.25, -0.2) is 4.79 Å². The Bertz CT molecular complexity index is 442. The number of carbonyl (C=O) groups is 2. The summed E-state index contributed by atoms with van der Waals surface area (Å²) < 4.78 is 0.